The highest BCUT2D eigenvalue weighted by atomic mass is 35.5. The SMILES string of the molecule is CC(C)(C)OCCC(C)(C)Oc1ccc(C(=O)Nc2cnc3[nH]c(C(=O)N4CC(CCl)c5c4cc(O)c4ccccc54)cc3c2)cc1. The quantitative estimate of drug-likeness (QED) is 0.139. The van der Waals surface area contributed by atoms with E-state index < -0.39 is 5.60 Å². The molecule has 47 heavy (non-hydrogen) atoms. The monoisotopic (exact) mass is 654 g/mol. The first-order valence-corrected chi connectivity index (χ1v) is 16.2. The minimum atomic E-state index is -0.437. The van der Waals surface area contributed by atoms with Crippen LogP contribution in [0.1, 0.15) is 73.4 Å². The van der Waals surface area contributed by atoms with E-state index in [1.165, 1.54) is 0 Å². The van der Waals surface area contributed by atoms with Crippen molar-refractivity contribution in [3.63, 3.8) is 0 Å². The maximum Gasteiger partial charge on any atom is 0.274 e. The summed E-state index contributed by atoms with van der Waals surface area (Å²) in [4.78, 5) is 36.1. The number of fused-ring (bicyclic) bond motifs is 4. The van der Waals surface area contributed by atoms with Crippen LogP contribution >= 0.6 is 11.6 Å². The summed E-state index contributed by atoms with van der Waals surface area (Å²) in [6.07, 6.45) is 2.26. The zero-order valence-corrected chi connectivity index (χ0v) is 27.9. The molecule has 2 amide bonds. The highest BCUT2D eigenvalue weighted by Crippen LogP contribution is 2.45. The molecule has 6 rings (SSSR count). The smallest absolute Gasteiger partial charge is 0.274 e. The molecular formula is C37H39ClN4O5. The Kier molecular flexibility index (Phi) is 8.63. The van der Waals surface area contributed by atoms with Gasteiger partial charge in [-0.15, -0.1) is 11.6 Å². The lowest BCUT2D eigenvalue weighted by Gasteiger charge is -2.28. The Morgan fingerprint density at radius 3 is 2.47 bits per heavy atom. The van der Waals surface area contributed by atoms with Gasteiger partial charge in [-0.3, -0.25) is 9.59 Å². The number of ether oxygens (including phenoxy) is 2. The largest absolute Gasteiger partial charge is 0.507 e. The summed E-state index contributed by atoms with van der Waals surface area (Å²) in [6.45, 7) is 11.1. The highest BCUT2D eigenvalue weighted by Gasteiger charge is 2.35. The Hall–Kier alpha value is -4.60. The first-order chi connectivity index (χ1) is 22.3. The van der Waals surface area contributed by atoms with Crippen molar-refractivity contribution in [2.45, 2.75) is 58.2 Å². The molecule has 244 valence electrons. The number of phenols is 1. The van der Waals surface area contributed by atoms with E-state index in [9.17, 15) is 14.7 Å². The number of nitrogens with one attached hydrogen (secondary N) is 2. The predicted octanol–water partition coefficient (Wildman–Crippen LogP) is 8.02. The standard InChI is InChI=1S/C37H39ClN4O5/c1-36(2,3)46-15-14-37(4,5)47-26-12-10-22(11-13-26)34(44)40-25-16-23-17-29(41-33(23)39-20-25)35(45)42-21-24(19-38)32-28-9-7-6-8-27(28)31(43)18-30(32)42/h6-13,16-18,20,24,43H,14-15,19,21H2,1-5H3,(H,39,41)(H,40,44). The number of pyridine rings is 1. The Morgan fingerprint density at radius 2 is 1.77 bits per heavy atom. The van der Waals surface area contributed by atoms with Crippen molar-refractivity contribution in [1.29, 1.82) is 0 Å². The molecule has 1 aliphatic rings. The number of rotatable bonds is 9. The molecule has 1 unspecified atom stereocenters. The molecule has 3 heterocycles. The number of nitrogens with zero attached hydrogens (tertiary/aromatic N) is 2. The van der Waals surface area contributed by atoms with Gasteiger partial charge >= 0.3 is 0 Å². The summed E-state index contributed by atoms with van der Waals surface area (Å²) in [5, 5.41) is 15.9. The average molecular weight is 655 g/mol. The number of phenolic OH excluding ortho intramolecular Hbond substituents is 1. The minimum absolute atomic E-state index is 0.0782. The molecule has 9 nitrogen and oxygen atoms in total. The molecule has 1 atom stereocenters. The zero-order chi connectivity index (χ0) is 33.5. The molecule has 3 aromatic carbocycles. The van der Waals surface area contributed by atoms with Gasteiger partial charge in [-0.25, -0.2) is 4.98 Å². The molecule has 10 heteroatoms. The first kappa shape index (κ1) is 32.3. The van der Waals surface area contributed by atoms with Crippen LogP contribution in [-0.4, -0.2) is 57.1 Å². The topological polar surface area (TPSA) is 117 Å². The lowest BCUT2D eigenvalue weighted by atomic mass is 9.95. The van der Waals surface area contributed by atoms with Crippen molar-refractivity contribution in [3.8, 4) is 11.5 Å². The fraction of sp³-hybridized carbons (Fsp3) is 0.324. The van der Waals surface area contributed by atoms with E-state index in [2.05, 4.69) is 15.3 Å². The third-order valence-electron chi connectivity index (χ3n) is 8.28. The van der Waals surface area contributed by atoms with Crippen molar-refractivity contribution in [2.24, 2.45) is 0 Å². The van der Waals surface area contributed by atoms with Crippen LogP contribution in [-0.2, 0) is 4.74 Å². The number of hydrogen-bond acceptors (Lipinski definition) is 6. The van der Waals surface area contributed by atoms with Gasteiger partial charge in [0.05, 0.1) is 29.8 Å². The molecule has 1 aliphatic heterocycles. The minimum Gasteiger partial charge on any atom is -0.507 e. The van der Waals surface area contributed by atoms with Gasteiger partial charge in [-0.2, -0.15) is 0 Å². The Morgan fingerprint density at radius 1 is 1.04 bits per heavy atom. The van der Waals surface area contributed by atoms with Crippen molar-refractivity contribution in [3.05, 3.63) is 89.7 Å². The van der Waals surface area contributed by atoms with Crippen molar-refractivity contribution in [2.75, 3.05) is 29.2 Å². The number of amides is 2. The number of H-pyrrole nitrogens is 1. The molecular weight excluding hydrogens is 616 g/mol. The Balaban J connectivity index is 1.14. The summed E-state index contributed by atoms with van der Waals surface area (Å²) >= 11 is 6.36. The lowest BCUT2D eigenvalue weighted by Crippen LogP contribution is -2.32. The maximum atomic E-state index is 13.8. The molecule has 0 bridgehead atoms. The van der Waals surface area contributed by atoms with Crippen molar-refractivity contribution < 1.29 is 24.2 Å². The van der Waals surface area contributed by atoms with Gasteiger partial charge in [-0.1, -0.05) is 24.3 Å². The second-order valence-electron chi connectivity index (χ2n) is 13.5. The number of aromatic nitrogens is 2. The van der Waals surface area contributed by atoms with Crippen LogP contribution in [0.5, 0.6) is 11.5 Å². The lowest BCUT2D eigenvalue weighted by molar-refractivity contribution is -0.0292. The third kappa shape index (κ3) is 6.92. The van der Waals surface area contributed by atoms with E-state index in [0.29, 0.717) is 64.9 Å². The van der Waals surface area contributed by atoms with Crippen LogP contribution in [0.4, 0.5) is 11.4 Å². The maximum absolute atomic E-state index is 13.8. The number of alkyl halides is 1. The molecule has 3 N–H and O–H groups in total. The number of aromatic amines is 1. The van der Waals surface area contributed by atoms with E-state index in [0.717, 1.165) is 16.3 Å². The molecule has 0 fully saturated rings. The molecule has 2 aromatic heterocycles. The van der Waals surface area contributed by atoms with Gasteiger partial charge in [0.2, 0.25) is 0 Å². The third-order valence-corrected chi connectivity index (χ3v) is 8.66. The number of benzene rings is 3. The number of carbonyl (C=O) groups is 2. The Bertz CT molecular complexity index is 1960. The molecule has 5 aromatic rings. The first-order valence-electron chi connectivity index (χ1n) is 15.7. The fourth-order valence-electron chi connectivity index (χ4n) is 5.94. The van der Waals surface area contributed by atoms with E-state index in [4.69, 9.17) is 21.1 Å². The van der Waals surface area contributed by atoms with Crippen LogP contribution < -0.4 is 15.0 Å². The van der Waals surface area contributed by atoms with Crippen LogP contribution in [0.25, 0.3) is 21.8 Å². The summed E-state index contributed by atoms with van der Waals surface area (Å²) in [5.74, 6) is 0.476. The van der Waals surface area contributed by atoms with Crippen LogP contribution in [0, 0.1) is 0 Å². The highest BCUT2D eigenvalue weighted by molar-refractivity contribution is 6.19. The van der Waals surface area contributed by atoms with Crippen molar-refractivity contribution in [1.82, 2.24) is 9.97 Å². The Labute approximate surface area is 278 Å². The molecule has 0 saturated heterocycles. The summed E-state index contributed by atoms with van der Waals surface area (Å²) in [6, 6.07) is 19.7. The number of hydrogen-bond donors (Lipinski definition) is 3. The molecule has 0 saturated carbocycles. The summed E-state index contributed by atoms with van der Waals surface area (Å²) < 4.78 is 12.0. The zero-order valence-electron chi connectivity index (χ0n) is 27.2. The second-order valence-corrected chi connectivity index (χ2v) is 13.8. The summed E-state index contributed by atoms with van der Waals surface area (Å²) in [5.41, 5.74) is 2.77. The molecule has 0 spiro atoms. The second kappa shape index (κ2) is 12.5. The normalized spacial score (nSPS) is 14.9. The number of anilines is 2. The van der Waals surface area contributed by atoms with Crippen LogP contribution in [0.2, 0.25) is 0 Å². The van der Waals surface area contributed by atoms with Gasteiger partial charge in [0.15, 0.2) is 0 Å². The van der Waals surface area contributed by atoms with Crippen LogP contribution in [0.3, 0.4) is 0 Å². The van der Waals surface area contributed by atoms with Crippen LogP contribution in [0.15, 0.2) is 72.9 Å². The van der Waals surface area contributed by atoms with Gasteiger partial charge in [0, 0.05) is 47.2 Å². The van der Waals surface area contributed by atoms with E-state index in [-0.39, 0.29) is 29.1 Å². The van der Waals surface area contributed by atoms with E-state index >= 15 is 0 Å². The number of halogens is 1. The number of aromatic hydroxyl groups is 1. The fourth-order valence-corrected chi connectivity index (χ4v) is 6.19. The van der Waals surface area contributed by atoms with Gasteiger partial charge in [0.25, 0.3) is 11.8 Å². The predicted molar refractivity (Wildman–Crippen MR) is 186 cm³/mol. The molecule has 0 radical (unpaired) electrons. The number of carbonyl (C=O) groups excluding carboxylic acids is 2. The average Bonchev–Trinajstić information content (AvgIpc) is 3.61. The van der Waals surface area contributed by atoms with Crippen molar-refractivity contribution >= 4 is 56.6 Å². The van der Waals surface area contributed by atoms with Gasteiger partial charge in [-0.05, 0) is 82.0 Å². The van der Waals surface area contributed by atoms with Gasteiger partial charge < -0.3 is 29.8 Å². The molecule has 0 aliphatic carbocycles. The summed E-state index contributed by atoms with van der Waals surface area (Å²) in [7, 11) is 0. The van der Waals surface area contributed by atoms with Gasteiger partial charge in [0.1, 0.15) is 28.4 Å². The van der Waals surface area contributed by atoms with E-state index in [1.807, 2.05) is 58.9 Å². The van der Waals surface area contributed by atoms with E-state index in [1.54, 1.807) is 53.6 Å².